The summed E-state index contributed by atoms with van der Waals surface area (Å²) in [6.07, 6.45) is 1.13. The highest BCUT2D eigenvalue weighted by atomic mass is 19.1. The Labute approximate surface area is 86.6 Å². The van der Waals surface area contributed by atoms with Crippen molar-refractivity contribution < 1.29 is 9.13 Å². The molecule has 15 heavy (non-hydrogen) atoms. The van der Waals surface area contributed by atoms with Gasteiger partial charge in [-0.15, -0.1) is 0 Å². The van der Waals surface area contributed by atoms with E-state index in [0.29, 0.717) is 6.61 Å². The van der Waals surface area contributed by atoms with Crippen molar-refractivity contribution in [3.63, 3.8) is 0 Å². The molecule has 2 aromatic rings. The summed E-state index contributed by atoms with van der Waals surface area (Å²) in [6, 6.07) is 10.8. The van der Waals surface area contributed by atoms with E-state index in [1.165, 1.54) is 0 Å². The number of halogens is 1. The molecule has 0 spiro atoms. The van der Waals surface area contributed by atoms with Crippen molar-refractivity contribution in [1.82, 2.24) is 9.97 Å². The van der Waals surface area contributed by atoms with Gasteiger partial charge in [0.2, 0.25) is 11.8 Å². The first-order valence-corrected chi connectivity index (χ1v) is 4.49. The second kappa shape index (κ2) is 4.50. The van der Waals surface area contributed by atoms with Crippen LogP contribution in [-0.4, -0.2) is 9.97 Å². The molecule has 0 aliphatic carbocycles. The summed E-state index contributed by atoms with van der Waals surface area (Å²) in [4.78, 5) is 7.12. The van der Waals surface area contributed by atoms with Gasteiger partial charge in [0.1, 0.15) is 12.9 Å². The number of hydrogen-bond acceptors (Lipinski definition) is 3. The summed E-state index contributed by atoms with van der Waals surface area (Å²) >= 11 is 0. The van der Waals surface area contributed by atoms with Crippen LogP contribution in [0.1, 0.15) is 5.56 Å². The van der Waals surface area contributed by atoms with E-state index in [9.17, 15) is 4.39 Å². The zero-order chi connectivity index (χ0) is 10.5. The Kier molecular flexibility index (Phi) is 2.88. The molecule has 1 aromatic carbocycles. The monoisotopic (exact) mass is 204 g/mol. The largest absolute Gasteiger partial charge is 0.473 e. The number of rotatable bonds is 3. The SMILES string of the molecule is Fc1cc(OCc2ccccc2)ncn1. The van der Waals surface area contributed by atoms with Crippen LogP contribution in [0.2, 0.25) is 0 Å². The molecular weight excluding hydrogens is 195 g/mol. The molecule has 3 nitrogen and oxygen atoms in total. The fourth-order valence-corrected chi connectivity index (χ4v) is 1.13. The third kappa shape index (κ3) is 2.74. The maximum atomic E-state index is 12.7. The number of ether oxygens (including phenoxy) is 1. The van der Waals surface area contributed by atoms with Gasteiger partial charge in [-0.1, -0.05) is 30.3 Å². The van der Waals surface area contributed by atoms with Crippen molar-refractivity contribution in [2.24, 2.45) is 0 Å². The molecule has 2 rings (SSSR count). The van der Waals surface area contributed by atoms with Crippen molar-refractivity contribution in [3.8, 4) is 5.88 Å². The van der Waals surface area contributed by atoms with Gasteiger partial charge in [-0.2, -0.15) is 4.39 Å². The summed E-state index contributed by atoms with van der Waals surface area (Å²) < 4.78 is 17.9. The van der Waals surface area contributed by atoms with Crippen LogP contribution in [0.25, 0.3) is 0 Å². The molecule has 0 fully saturated rings. The van der Waals surface area contributed by atoms with Gasteiger partial charge in [0.05, 0.1) is 6.07 Å². The Balaban J connectivity index is 1.99. The predicted octanol–water partition coefficient (Wildman–Crippen LogP) is 2.19. The second-order valence-corrected chi connectivity index (χ2v) is 2.95. The summed E-state index contributed by atoms with van der Waals surface area (Å²) in [5, 5.41) is 0. The van der Waals surface area contributed by atoms with Crippen molar-refractivity contribution in [2.45, 2.75) is 6.61 Å². The van der Waals surface area contributed by atoms with Crippen LogP contribution < -0.4 is 4.74 Å². The van der Waals surface area contributed by atoms with Crippen molar-refractivity contribution in [3.05, 3.63) is 54.2 Å². The Morgan fingerprint density at radius 1 is 1.13 bits per heavy atom. The van der Waals surface area contributed by atoms with Crippen molar-refractivity contribution >= 4 is 0 Å². The molecular formula is C11H9FN2O. The standard InChI is InChI=1S/C11H9FN2O/c12-10-6-11(14-8-13-10)15-7-9-4-2-1-3-5-9/h1-6,8H,7H2. The molecule has 4 heteroatoms. The van der Waals surface area contributed by atoms with E-state index in [4.69, 9.17) is 4.74 Å². The minimum atomic E-state index is -0.590. The summed E-state index contributed by atoms with van der Waals surface area (Å²) in [6.45, 7) is 0.372. The summed E-state index contributed by atoms with van der Waals surface area (Å²) in [5.41, 5.74) is 1.01. The number of hydrogen-bond donors (Lipinski definition) is 0. The highest BCUT2D eigenvalue weighted by Gasteiger charge is 1.98. The maximum Gasteiger partial charge on any atom is 0.219 e. The third-order valence-electron chi connectivity index (χ3n) is 1.84. The average Bonchev–Trinajstić information content (AvgIpc) is 2.28. The highest BCUT2D eigenvalue weighted by Crippen LogP contribution is 2.08. The molecule has 0 saturated carbocycles. The minimum Gasteiger partial charge on any atom is -0.473 e. The summed E-state index contributed by atoms with van der Waals surface area (Å²) in [7, 11) is 0. The van der Waals surface area contributed by atoms with Gasteiger partial charge in [0, 0.05) is 0 Å². The van der Waals surface area contributed by atoms with E-state index in [1.54, 1.807) is 0 Å². The molecule has 1 aromatic heterocycles. The fourth-order valence-electron chi connectivity index (χ4n) is 1.13. The van der Waals surface area contributed by atoms with Crippen LogP contribution in [0, 0.1) is 5.95 Å². The highest BCUT2D eigenvalue weighted by molar-refractivity contribution is 5.15. The number of aromatic nitrogens is 2. The number of nitrogens with zero attached hydrogens (tertiary/aromatic N) is 2. The quantitative estimate of drug-likeness (QED) is 0.719. The Hall–Kier alpha value is -1.97. The molecule has 76 valence electrons. The van der Waals surface area contributed by atoms with Gasteiger partial charge in [-0.3, -0.25) is 0 Å². The Bertz CT molecular complexity index is 434. The molecule has 0 saturated heterocycles. The lowest BCUT2D eigenvalue weighted by Gasteiger charge is -2.04. The topological polar surface area (TPSA) is 35.0 Å². The van der Waals surface area contributed by atoms with E-state index < -0.39 is 5.95 Å². The van der Waals surface area contributed by atoms with Gasteiger partial charge in [0.15, 0.2) is 0 Å². The molecule has 0 bridgehead atoms. The summed E-state index contributed by atoms with van der Waals surface area (Å²) in [5.74, 6) is -0.348. The normalized spacial score (nSPS) is 9.93. The van der Waals surface area contributed by atoms with E-state index in [1.807, 2.05) is 30.3 Å². The first-order chi connectivity index (χ1) is 7.34. The van der Waals surface area contributed by atoms with Gasteiger partial charge in [-0.05, 0) is 5.56 Å². The zero-order valence-corrected chi connectivity index (χ0v) is 7.93. The fraction of sp³-hybridized carbons (Fsp3) is 0.0909. The van der Waals surface area contributed by atoms with Crippen LogP contribution in [0.4, 0.5) is 4.39 Å². The van der Waals surface area contributed by atoms with E-state index in [-0.39, 0.29) is 5.88 Å². The Morgan fingerprint density at radius 2 is 1.93 bits per heavy atom. The van der Waals surface area contributed by atoms with Crippen molar-refractivity contribution in [1.29, 1.82) is 0 Å². The molecule has 0 radical (unpaired) electrons. The first-order valence-electron chi connectivity index (χ1n) is 4.49. The van der Waals surface area contributed by atoms with Crippen LogP contribution in [0.3, 0.4) is 0 Å². The molecule has 0 atom stereocenters. The molecule has 0 aliphatic heterocycles. The molecule has 0 unspecified atom stereocenters. The van der Waals surface area contributed by atoms with Crippen LogP contribution in [-0.2, 0) is 6.61 Å². The lowest BCUT2D eigenvalue weighted by Crippen LogP contribution is -1.98. The van der Waals surface area contributed by atoms with E-state index in [0.717, 1.165) is 18.0 Å². The van der Waals surface area contributed by atoms with Crippen LogP contribution in [0.15, 0.2) is 42.7 Å². The van der Waals surface area contributed by atoms with Gasteiger partial charge in [0.25, 0.3) is 0 Å². The van der Waals surface area contributed by atoms with E-state index >= 15 is 0 Å². The second-order valence-electron chi connectivity index (χ2n) is 2.95. The third-order valence-corrected chi connectivity index (χ3v) is 1.84. The van der Waals surface area contributed by atoms with Crippen molar-refractivity contribution in [2.75, 3.05) is 0 Å². The minimum absolute atomic E-state index is 0.242. The maximum absolute atomic E-state index is 12.7. The molecule has 1 heterocycles. The lowest BCUT2D eigenvalue weighted by molar-refractivity contribution is 0.290. The van der Waals surface area contributed by atoms with Crippen LogP contribution >= 0.6 is 0 Å². The van der Waals surface area contributed by atoms with E-state index in [2.05, 4.69) is 9.97 Å². The Morgan fingerprint density at radius 3 is 2.67 bits per heavy atom. The van der Waals surface area contributed by atoms with Gasteiger partial charge >= 0.3 is 0 Å². The zero-order valence-electron chi connectivity index (χ0n) is 7.93. The molecule has 0 aliphatic rings. The first kappa shape index (κ1) is 9.58. The lowest BCUT2D eigenvalue weighted by atomic mass is 10.2. The van der Waals surface area contributed by atoms with Crippen LogP contribution in [0.5, 0.6) is 5.88 Å². The van der Waals surface area contributed by atoms with Gasteiger partial charge < -0.3 is 4.74 Å². The smallest absolute Gasteiger partial charge is 0.219 e. The number of benzene rings is 1. The van der Waals surface area contributed by atoms with Gasteiger partial charge in [-0.25, -0.2) is 9.97 Å². The molecule has 0 N–H and O–H groups in total. The predicted molar refractivity (Wildman–Crippen MR) is 52.8 cm³/mol. The molecule has 0 amide bonds. The average molecular weight is 204 g/mol.